The fourth-order valence-electron chi connectivity index (χ4n) is 3.34. The van der Waals surface area contributed by atoms with Crippen molar-refractivity contribution in [2.75, 3.05) is 13.2 Å². The summed E-state index contributed by atoms with van der Waals surface area (Å²) < 4.78 is 51.0. The number of carbonyl (C=O) groups is 3. The molecular weight excluding hydrogens is 477 g/mol. The molecule has 1 aliphatic rings. The zero-order chi connectivity index (χ0) is 24.9. The fraction of sp³-hybridized carbons (Fsp3) is 0.318. The number of urea groups is 1. The van der Waals surface area contributed by atoms with Crippen LogP contribution in [0.5, 0.6) is 0 Å². The molecular formula is C22H21F3N2O6S. The van der Waals surface area contributed by atoms with Crippen molar-refractivity contribution in [1.29, 1.82) is 0 Å². The van der Waals surface area contributed by atoms with E-state index in [1.165, 1.54) is 29.5 Å². The molecule has 2 heterocycles. The Morgan fingerprint density at radius 1 is 1.12 bits per heavy atom. The molecule has 182 valence electrons. The quantitative estimate of drug-likeness (QED) is 0.482. The third-order valence-corrected chi connectivity index (χ3v) is 5.91. The molecule has 1 aliphatic heterocycles. The zero-order valence-electron chi connectivity index (χ0n) is 17.8. The summed E-state index contributed by atoms with van der Waals surface area (Å²) in [6.07, 6.45) is -6.60. The van der Waals surface area contributed by atoms with Crippen molar-refractivity contribution in [3.8, 4) is 0 Å². The minimum absolute atomic E-state index is 0.0240. The molecule has 1 aromatic carbocycles. The average Bonchev–Trinajstić information content (AvgIpc) is 3.32. The van der Waals surface area contributed by atoms with Crippen LogP contribution in [-0.2, 0) is 24.7 Å². The van der Waals surface area contributed by atoms with Gasteiger partial charge in [0.1, 0.15) is 6.61 Å². The smallest absolute Gasteiger partial charge is 0.422 e. The molecule has 0 unspecified atom stereocenters. The van der Waals surface area contributed by atoms with Gasteiger partial charge in [0.05, 0.1) is 30.3 Å². The van der Waals surface area contributed by atoms with E-state index in [9.17, 15) is 32.7 Å². The number of nitrogens with one attached hydrogen (secondary N) is 2. The van der Waals surface area contributed by atoms with Crippen molar-refractivity contribution in [2.24, 2.45) is 0 Å². The zero-order valence-corrected chi connectivity index (χ0v) is 18.7. The SMILES string of the molecule is CCOC(=O)C1=C(COC(=O)C[C@@](O)(c2ccccc2)C(F)(F)F)NC(=O)N[C@@H]1c1cccs1. The van der Waals surface area contributed by atoms with Crippen LogP contribution >= 0.6 is 11.3 Å². The van der Waals surface area contributed by atoms with Gasteiger partial charge in [0.25, 0.3) is 0 Å². The Kier molecular flexibility index (Phi) is 7.62. The van der Waals surface area contributed by atoms with E-state index in [0.29, 0.717) is 4.88 Å². The first-order chi connectivity index (χ1) is 16.1. The van der Waals surface area contributed by atoms with E-state index in [2.05, 4.69) is 10.6 Å². The van der Waals surface area contributed by atoms with E-state index in [-0.39, 0.29) is 17.9 Å². The number of ether oxygens (including phenoxy) is 2. The maximum absolute atomic E-state index is 13.7. The molecule has 0 bridgehead atoms. The summed E-state index contributed by atoms with van der Waals surface area (Å²) in [5, 5.41) is 17.0. The van der Waals surface area contributed by atoms with Crippen molar-refractivity contribution in [2.45, 2.75) is 31.2 Å². The number of alkyl halides is 3. The number of amides is 2. The minimum Gasteiger partial charge on any atom is -0.463 e. The van der Waals surface area contributed by atoms with Crippen molar-refractivity contribution < 1.29 is 42.1 Å². The number of halogens is 3. The summed E-state index contributed by atoms with van der Waals surface area (Å²) in [6, 6.07) is 7.91. The van der Waals surface area contributed by atoms with Gasteiger partial charge in [0.2, 0.25) is 0 Å². The Bertz CT molecular complexity index is 1070. The number of thiophene rings is 1. The van der Waals surface area contributed by atoms with Crippen LogP contribution in [0.3, 0.4) is 0 Å². The number of rotatable bonds is 8. The minimum atomic E-state index is -5.17. The van der Waals surface area contributed by atoms with Crippen LogP contribution in [0.1, 0.15) is 29.8 Å². The van der Waals surface area contributed by atoms with Crippen molar-refractivity contribution in [1.82, 2.24) is 10.6 Å². The third-order valence-electron chi connectivity index (χ3n) is 4.97. The highest BCUT2D eigenvalue weighted by Crippen LogP contribution is 2.41. The molecule has 8 nitrogen and oxygen atoms in total. The maximum Gasteiger partial charge on any atom is 0.422 e. The van der Waals surface area contributed by atoms with Crippen molar-refractivity contribution in [3.05, 3.63) is 69.6 Å². The average molecular weight is 498 g/mol. The molecule has 3 rings (SSSR count). The second-order valence-corrected chi connectivity index (χ2v) is 8.20. The monoisotopic (exact) mass is 498 g/mol. The van der Waals surface area contributed by atoms with E-state index in [0.717, 1.165) is 12.1 Å². The van der Waals surface area contributed by atoms with Gasteiger partial charge < -0.3 is 25.2 Å². The molecule has 2 atom stereocenters. The maximum atomic E-state index is 13.7. The topological polar surface area (TPSA) is 114 Å². The van der Waals surface area contributed by atoms with Crippen LogP contribution in [0.4, 0.5) is 18.0 Å². The molecule has 0 saturated carbocycles. The normalized spacial score (nSPS) is 17.9. The Balaban J connectivity index is 1.85. The lowest BCUT2D eigenvalue weighted by Gasteiger charge is -2.31. The first kappa shape index (κ1) is 25.2. The Labute approximate surface area is 196 Å². The highest BCUT2D eigenvalue weighted by molar-refractivity contribution is 7.10. The highest BCUT2D eigenvalue weighted by atomic mass is 32.1. The predicted molar refractivity (Wildman–Crippen MR) is 114 cm³/mol. The molecule has 0 spiro atoms. The van der Waals surface area contributed by atoms with Gasteiger partial charge in [-0.25, -0.2) is 9.59 Å². The summed E-state index contributed by atoms with van der Waals surface area (Å²) in [6.45, 7) is 0.885. The molecule has 2 aromatic rings. The van der Waals surface area contributed by atoms with Crippen LogP contribution in [0.25, 0.3) is 0 Å². The van der Waals surface area contributed by atoms with Crippen LogP contribution in [0.2, 0.25) is 0 Å². The summed E-state index contributed by atoms with van der Waals surface area (Å²) >= 11 is 1.26. The summed E-state index contributed by atoms with van der Waals surface area (Å²) in [4.78, 5) is 37.7. The number of benzene rings is 1. The first-order valence-electron chi connectivity index (χ1n) is 10.1. The number of carbonyl (C=O) groups excluding carboxylic acids is 3. The first-order valence-corrected chi connectivity index (χ1v) is 11.0. The molecule has 2 amide bonds. The highest BCUT2D eigenvalue weighted by Gasteiger charge is 2.56. The predicted octanol–water partition coefficient (Wildman–Crippen LogP) is 3.30. The van der Waals surface area contributed by atoms with Gasteiger partial charge in [0.15, 0.2) is 5.60 Å². The largest absolute Gasteiger partial charge is 0.463 e. The number of esters is 2. The van der Waals surface area contributed by atoms with Gasteiger partial charge in [0, 0.05) is 4.88 Å². The lowest BCUT2D eigenvalue weighted by atomic mass is 9.90. The van der Waals surface area contributed by atoms with Gasteiger partial charge in [-0.1, -0.05) is 36.4 Å². The van der Waals surface area contributed by atoms with E-state index >= 15 is 0 Å². The second-order valence-electron chi connectivity index (χ2n) is 7.22. The molecule has 0 aliphatic carbocycles. The Morgan fingerprint density at radius 3 is 2.41 bits per heavy atom. The summed E-state index contributed by atoms with van der Waals surface area (Å²) in [5.74, 6) is -2.18. The van der Waals surface area contributed by atoms with Crippen molar-refractivity contribution in [3.63, 3.8) is 0 Å². The van der Waals surface area contributed by atoms with Crippen LogP contribution < -0.4 is 10.6 Å². The second kappa shape index (κ2) is 10.3. The van der Waals surface area contributed by atoms with Crippen LogP contribution in [0, 0.1) is 0 Å². The molecule has 3 N–H and O–H groups in total. The van der Waals surface area contributed by atoms with Gasteiger partial charge in [-0.05, 0) is 23.9 Å². The lowest BCUT2D eigenvalue weighted by molar-refractivity contribution is -0.269. The van der Waals surface area contributed by atoms with E-state index in [1.807, 2.05) is 0 Å². The number of hydrogen-bond donors (Lipinski definition) is 3. The molecule has 1 aromatic heterocycles. The number of hydrogen-bond acceptors (Lipinski definition) is 7. The van der Waals surface area contributed by atoms with Crippen LogP contribution in [0.15, 0.2) is 59.1 Å². The van der Waals surface area contributed by atoms with Crippen LogP contribution in [-0.4, -0.2) is 42.5 Å². The van der Waals surface area contributed by atoms with E-state index in [1.54, 1.807) is 24.4 Å². The van der Waals surface area contributed by atoms with Gasteiger partial charge >= 0.3 is 24.1 Å². The third kappa shape index (κ3) is 5.39. The van der Waals surface area contributed by atoms with E-state index < -0.39 is 54.4 Å². The fourth-order valence-corrected chi connectivity index (χ4v) is 4.13. The lowest BCUT2D eigenvalue weighted by Crippen LogP contribution is -2.47. The molecule has 34 heavy (non-hydrogen) atoms. The standard InChI is InChI=1S/C22H21F3N2O6S/c1-2-32-19(29)17-14(26-20(30)27-18(17)15-9-6-10-34-15)12-33-16(28)11-21(31,22(23,24)25)13-7-4-3-5-8-13/h3-10,18,31H,2,11-12H2,1H3,(H2,26,27,30)/t18-,21-/m1/s1. The number of aliphatic hydroxyl groups is 1. The van der Waals surface area contributed by atoms with E-state index in [4.69, 9.17) is 9.47 Å². The summed E-state index contributed by atoms with van der Waals surface area (Å²) in [7, 11) is 0. The van der Waals surface area contributed by atoms with Crippen molar-refractivity contribution >= 4 is 29.3 Å². The van der Waals surface area contributed by atoms with Gasteiger partial charge in [-0.3, -0.25) is 4.79 Å². The summed E-state index contributed by atoms with van der Waals surface area (Å²) in [5.41, 5.74) is -4.20. The molecule has 0 saturated heterocycles. The molecule has 0 fully saturated rings. The Hall–Kier alpha value is -3.38. The Morgan fingerprint density at radius 2 is 1.82 bits per heavy atom. The molecule has 0 radical (unpaired) electrons. The molecule has 12 heteroatoms. The van der Waals surface area contributed by atoms with Gasteiger partial charge in [-0.15, -0.1) is 11.3 Å². The van der Waals surface area contributed by atoms with Gasteiger partial charge in [-0.2, -0.15) is 13.2 Å².